The summed E-state index contributed by atoms with van der Waals surface area (Å²) in [4.78, 5) is 15.0. The lowest BCUT2D eigenvalue weighted by atomic mass is 10.3. The molecule has 78 valence electrons. The maximum Gasteiger partial charge on any atom is 0.315 e. The number of carbonyl (C=O) groups is 1. The minimum atomic E-state index is -0.171. The molecule has 1 aromatic rings. The molecule has 0 bridgehead atoms. The van der Waals surface area contributed by atoms with Crippen LogP contribution >= 0.6 is 0 Å². The summed E-state index contributed by atoms with van der Waals surface area (Å²) in [5.41, 5.74) is 0. The second-order valence-corrected chi connectivity index (χ2v) is 2.90. The van der Waals surface area contributed by atoms with E-state index in [2.05, 4.69) is 32.7 Å². The number of rotatable bonds is 5. The molecule has 1 heterocycles. The zero-order valence-corrected chi connectivity index (χ0v) is 8.21. The van der Waals surface area contributed by atoms with Crippen molar-refractivity contribution >= 4 is 6.03 Å². The zero-order valence-electron chi connectivity index (χ0n) is 8.21. The summed E-state index contributed by atoms with van der Waals surface area (Å²) in [6.45, 7) is 3.16. The molecule has 0 saturated heterocycles. The number of urea groups is 1. The molecule has 6 nitrogen and oxygen atoms in total. The van der Waals surface area contributed by atoms with Gasteiger partial charge < -0.3 is 10.6 Å². The molecule has 0 atom stereocenters. The Kier molecular flexibility index (Phi) is 4.46. The van der Waals surface area contributed by atoms with Crippen LogP contribution in [0.4, 0.5) is 4.79 Å². The number of hydrogen-bond acceptors (Lipinski definition) is 3. The van der Waals surface area contributed by atoms with E-state index in [1.165, 1.54) is 6.33 Å². The van der Waals surface area contributed by atoms with Crippen LogP contribution in [0.2, 0.25) is 0 Å². The molecule has 0 aliphatic rings. The van der Waals surface area contributed by atoms with Crippen LogP contribution < -0.4 is 10.6 Å². The monoisotopic (exact) mass is 197 g/mol. The molecule has 6 heteroatoms. The SMILES string of the molecule is CCCCNC(=O)NCc1ncn[nH]1. The van der Waals surface area contributed by atoms with Crippen molar-refractivity contribution in [1.82, 2.24) is 25.8 Å². The van der Waals surface area contributed by atoms with Crippen LogP contribution in [0, 0.1) is 0 Å². The van der Waals surface area contributed by atoms with Gasteiger partial charge in [0.15, 0.2) is 0 Å². The van der Waals surface area contributed by atoms with Gasteiger partial charge >= 0.3 is 6.03 Å². The highest BCUT2D eigenvalue weighted by Crippen LogP contribution is 1.84. The Labute approximate surface area is 82.5 Å². The van der Waals surface area contributed by atoms with Crippen molar-refractivity contribution in [2.75, 3.05) is 6.54 Å². The van der Waals surface area contributed by atoms with Gasteiger partial charge in [-0.05, 0) is 6.42 Å². The Morgan fingerprint density at radius 2 is 2.43 bits per heavy atom. The van der Waals surface area contributed by atoms with Gasteiger partial charge in [-0.15, -0.1) is 0 Å². The highest BCUT2D eigenvalue weighted by atomic mass is 16.2. The third-order valence-electron chi connectivity index (χ3n) is 1.70. The predicted octanol–water partition coefficient (Wildman–Crippen LogP) is 0.404. The van der Waals surface area contributed by atoms with Gasteiger partial charge in [0.1, 0.15) is 12.2 Å². The highest BCUT2D eigenvalue weighted by molar-refractivity contribution is 5.73. The summed E-state index contributed by atoms with van der Waals surface area (Å²) in [7, 11) is 0. The van der Waals surface area contributed by atoms with E-state index in [1.807, 2.05) is 0 Å². The molecular weight excluding hydrogens is 182 g/mol. The number of nitrogens with one attached hydrogen (secondary N) is 3. The second kappa shape index (κ2) is 5.95. The molecule has 0 aliphatic carbocycles. The third kappa shape index (κ3) is 3.88. The predicted molar refractivity (Wildman–Crippen MR) is 51.5 cm³/mol. The summed E-state index contributed by atoms with van der Waals surface area (Å²) in [6.07, 6.45) is 3.48. The number of carbonyl (C=O) groups excluding carboxylic acids is 1. The first-order valence-electron chi connectivity index (χ1n) is 4.69. The van der Waals surface area contributed by atoms with Gasteiger partial charge in [0, 0.05) is 6.54 Å². The molecule has 3 N–H and O–H groups in total. The Hall–Kier alpha value is -1.59. The lowest BCUT2D eigenvalue weighted by Gasteiger charge is -2.04. The largest absolute Gasteiger partial charge is 0.338 e. The fourth-order valence-corrected chi connectivity index (χ4v) is 0.921. The fourth-order valence-electron chi connectivity index (χ4n) is 0.921. The average Bonchev–Trinajstić information content (AvgIpc) is 2.68. The van der Waals surface area contributed by atoms with Crippen molar-refractivity contribution in [2.45, 2.75) is 26.3 Å². The number of H-pyrrole nitrogens is 1. The quantitative estimate of drug-likeness (QED) is 0.598. The summed E-state index contributed by atoms with van der Waals surface area (Å²) >= 11 is 0. The summed E-state index contributed by atoms with van der Waals surface area (Å²) in [6, 6.07) is -0.171. The van der Waals surface area contributed by atoms with Gasteiger partial charge in [0.2, 0.25) is 0 Å². The third-order valence-corrected chi connectivity index (χ3v) is 1.70. The zero-order chi connectivity index (χ0) is 10.2. The van der Waals surface area contributed by atoms with E-state index in [9.17, 15) is 4.79 Å². The number of unbranched alkanes of at least 4 members (excludes halogenated alkanes) is 1. The van der Waals surface area contributed by atoms with Crippen molar-refractivity contribution in [3.8, 4) is 0 Å². The fraction of sp³-hybridized carbons (Fsp3) is 0.625. The average molecular weight is 197 g/mol. The van der Waals surface area contributed by atoms with E-state index in [0.29, 0.717) is 18.9 Å². The van der Waals surface area contributed by atoms with Crippen LogP contribution in [0.5, 0.6) is 0 Å². The molecule has 0 radical (unpaired) electrons. The van der Waals surface area contributed by atoms with E-state index in [0.717, 1.165) is 12.8 Å². The lowest BCUT2D eigenvalue weighted by molar-refractivity contribution is 0.240. The smallest absolute Gasteiger partial charge is 0.315 e. The maximum atomic E-state index is 11.1. The Bertz CT molecular complexity index is 259. The second-order valence-electron chi connectivity index (χ2n) is 2.90. The van der Waals surface area contributed by atoms with Crippen LogP contribution in [0.15, 0.2) is 6.33 Å². The van der Waals surface area contributed by atoms with Gasteiger partial charge in [-0.1, -0.05) is 13.3 Å². The Balaban J connectivity index is 2.09. The number of nitrogens with zero attached hydrogens (tertiary/aromatic N) is 2. The molecule has 0 fully saturated rings. The topological polar surface area (TPSA) is 82.7 Å². The Morgan fingerprint density at radius 3 is 3.07 bits per heavy atom. The van der Waals surface area contributed by atoms with Crippen LogP contribution in [-0.2, 0) is 6.54 Å². The van der Waals surface area contributed by atoms with Gasteiger partial charge in [-0.3, -0.25) is 5.10 Å². The summed E-state index contributed by atoms with van der Waals surface area (Å²) < 4.78 is 0. The van der Waals surface area contributed by atoms with Crippen LogP contribution in [0.3, 0.4) is 0 Å². The van der Waals surface area contributed by atoms with Crippen LogP contribution in [0.25, 0.3) is 0 Å². The Morgan fingerprint density at radius 1 is 1.57 bits per heavy atom. The number of aromatic amines is 1. The van der Waals surface area contributed by atoms with Gasteiger partial charge in [0.05, 0.1) is 6.54 Å². The minimum Gasteiger partial charge on any atom is -0.338 e. The van der Waals surface area contributed by atoms with Crippen molar-refractivity contribution in [3.63, 3.8) is 0 Å². The van der Waals surface area contributed by atoms with Crippen molar-refractivity contribution < 1.29 is 4.79 Å². The van der Waals surface area contributed by atoms with E-state index < -0.39 is 0 Å². The van der Waals surface area contributed by atoms with Crippen molar-refractivity contribution in [1.29, 1.82) is 0 Å². The van der Waals surface area contributed by atoms with Crippen LogP contribution in [0.1, 0.15) is 25.6 Å². The van der Waals surface area contributed by atoms with Crippen LogP contribution in [-0.4, -0.2) is 27.8 Å². The molecule has 2 amide bonds. The highest BCUT2D eigenvalue weighted by Gasteiger charge is 2.00. The lowest BCUT2D eigenvalue weighted by Crippen LogP contribution is -2.35. The van der Waals surface area contributed by atoms with E-state index in [1.54, 1.807) is 0 Å². The van der Waals surface area contributed by atoms with E-state index >= 15 is 0 Å². The molecule has 0 aliphatic heterocycles. The molecular formula is C8H15N5O. The molecule has 0 aromatic carbocycles. The molecule has 0 saturated carbocycles. The van der Waals surface area contributed by atoms with Crippen molar-refractivity contribution in [2.24, 2.45) is 0 Å². The van der Waals surface area contributed by atoms with Gasteiger partial charge in [-0.2, -0.15) is 5.10 Å². The summed E-state index contributed by atoms with van der Waals surface area (Å²) in [5.74, 6) is 0.649. The van der Waals surface area contributed by atoms with E-state index in [-0.39, 0.29) is 6.03 Å². The first kappa shape index (κ1) is 10.5. The molecule has 0 spiro atoms. The first-order chi connectivity index (χ1) is 6.83. The molecule has 1 aromatic heterocycles. The number of hydrogen-bond donors (Lipinski definition) is 3. The molecule has 0 unspecified atom stereocenters. The normalized spacial score (nSPS) is 9.79. The van der Waals surface area contributed by atoms with Gasteiger partial charge in [0.25, 0.3) is 0 Å². The molecule has 1 rings (SSSR count). The van der Waals surface area contributed by atoms with E-state index in [4.69, 9.17) is 0 Å². The standard InChI is InChI=1S/C8H15N5O/c1-2-3-4-9-8(14)10-5-7-11-6-12-13-7/h6H,2-5H2,1H3,(H2,9,10,14)(H,11,12,13). The number of amides is 2. The minimum absolute atomic E-state index is 0.171. The molecule has 14 heavy (non-hydrogen) atoms. The van der Waals surface area contributed by atoms with Gasteiger partial charge in [-0.25, -0.2) is 9.78 Å². The summed E-state index contributed by atoms with van der Waals surface area (Å²) in [5, 5.41) is 11.7. The van der Waals surface area contributed by atoms with Crippen molar-refractivity contribution in [3.05, 3.63) is 12.2 Å². The maximum absolute atomic E-state index is 11.1. The first-order valence-corrected chi connectivity index (χ1v) is 4.69. The number of aromatic nitrogens is 3.